The monoisotopic (exact) mass is 309 g/mol. The smallest absolute Gasteiger partial charge is 0.223 e. The minimum absolute atomic E-state index is 0.115. The number of aryl methyl sites for hydroxylation is 1. The van der Waals surface area contributed by atoms with Gasteiger partial charge in [-0.05, 0) is 18.2 Å². The van der Waals surface area contributed by atoms with Gasteiger partial charge in [-0.2, -0.15) is 5.10 Å². The molecule has 2 heterocycles. The minimum atomic E-state index is -0.264. The van der Waals surface area contributed by atoms with Gasteiger partial charge in [0.15, 0.2) is 12.4 Å². The Labute approximate surface area is 132 Å². The number of ketones is 1. The summed E-state index contributed by atoms with van der Waals surface area (Å²) < 4.78 is 1.66. The second kappa shape index (κ2) is 6.27. The second-order valence-electron chi connectivity index (χ2n) is 4.88. The van der Waals surface area contributed by atoms with E-state index in [-0.39, 0.29) is 18.2 Å². The number of rotatable bonds is 5. The number of carbonyl (C=O) groups is 1. The van der Waals surface area contributed by atoms with Gasteiger partial charge >= 0.3 is 0 Å². The van der Waals surface area contributed by atoms with E-state index in [1.807, 2.05) is 24.3 Å². The van der Waals surface area contributed by atoms with Gasteiger partial charge in [0.2, 0.25) is 5.78 Å². The largest absolute Gasteiger partial charge is 0.386 e. The molecule has 1 aromatic carbocycles. The Morgan fingerprint density at radius 2 is 2.04 bits per heavy atom. The molecule has 0 fully saturated rings. The lowest BCUT2D eigenvalue weighted by atomic mass is 10.1. The quantitative estimate of drug-likeness (QED) is 0.333. The van der Waals surface area contributed by atoms with E-state index in [2.05, 4.69) is 15.2 Å². The number of benzene rings is 1. The Morgan fingerprint density at radius 3 is 2.83 bits per heavy atom. The van der Waals surface area contributed by atoms with Crippen LogP contribution < -0.4 is 5.73 Å². The topological polar surface area (TPSA) is 95.4 Å². The molecule has 0 atom stereocenters. The predicted molar refractivity (Wildman–Crippen MR) is 86.0 cm³/mol. The van der Waals surface area contributed by atoms with Crippen LogP contribution in [0.1, 0.15) is 16.2 Å². The first-order valence-corrected chi connectivity index (χ1v) is 6.98. The van der Waals surface area contributed by atoms with E-state index in [1.54, 1.807) is 36.1 Å². The highest BCUT2D eigenvalue weighted by Gasteiger charge is 2.16. The summed E-state index contributed by atoms with van der Waals surface area (Å²) in [5, 5.41) is 8.75. The molecule has 0 amide bonds. The molecule has 3 aromatic rings. The zero-order chi connectivity index (χ0) is 16.2. The fourth-order valence-corrected chi connectivity index (χ4v) is 2.21. The van der Waals surface area contributed by atoms with Crippen LogP contribution in [0, 0.1) is 0 Å². The minimum Gasteiger partial charge on any atom is -0.386 e. The molecule has 3 rings (SSSR count). The van der Waals surface area contributed by atoms with Crippen LogP contribution in [0.3, 0.4) is 0 Å². The number of Topliss-reactive ketones (excluding diaryl/α,β-unsaturated/α-hetero) is 1. The highest BCUT2D eigenvalue weighted by Crippen LogP contribution is 2.17. The first-order valence-electron chi connectivity index (χ1n) is 6.98. The van der Waals surface area contributed by atoms with Gasteiger partial charge in [-0.15, -0.1) is 0 Å². The van der Waals surface area contributed by atoms with Crippen molar-refractivity contribution < 1.29 is 9.63 Å². The van der Waals surface area contributed by atoms with E-state index in [1.165, 1.54) is 0 Å². The molecule has 0 unspecified atom stereocenters. The van der Waals surface area contributed by atoms with E-state index in [9.17, 15) is 4.79 Å². The molecular formula is C16H15N5O2. The van der Waals surface area contributed by atoms with Crippen LogP contribution in [-0.4, -0.2) is 33.0 Å². The van der Waals surface area contributed by atoms with Crippen molar-refractivity contribution in [3.05, 3.63) is 60.0 Å². The molecule has 0 bridgehead atoms. The van der Waals surface area contributed by atoms with Crippen molar-refractivity contribution >= 4 is 22.5 Å². The highest BCUT2D eigenvalue weighted by molar-refractivity contribution is 6.06. The lowest BCUT2D eigenvalue weighted by Gasteiger charge is -2.00. The van der Waals surface area contributed by atoms with Crippen molar-refractivity contribution in [3.63, 3.8) is 0 Å². The number of hydrogen-bond donors (Lipinski definition) is 1. The first-order chi connectivity index (χ1) is 11.2. The number of pyridine rings is 1. The lowest BCUT2D eigenvalue weighted by Crippen LogP contribution is -2.17. The Balaban J connectivity index is 1.72. The van der Waals surface area contributed by atoms with Gasteiger partial charge in [0.1, 0.15) is 11.4 Å². The maximum Gasteiger partial charge on any atom is 0.223 e. The normalized spacial score (nSPS) is 11.6. The maximum atomic E-state index is 12.3. The number of fused-ring (bicyclic) bond motifs is 1. The van der Waals surface area contributed by atoms with E-state index < -0.39 is 0 Å². The number of amidine groups is 1. The predicted octanol–water partition coefficient (Wildman–Crippen LogP) is 1.49. The van der Waals surface area contributed by atoms with Crippen LogP contribution in [0.2, 0.25) is 0 Å². The van der Waals surface area contributed by atoms with E-state index >= 15 is 0 Å². The van der Waals surface area contributed by atoms with Crippen LogP contribution in [0.5, 0.6) is 0 Å². The molecule has 0 radical (unpaired) electrons. The molecule has 7 nitrogen and oxygen atoms in total. The number of nitrogens with two attached hydrogens (primary N) is 1. The summed E-state index contributed by atoms with van der Waals surface area (Å²) in [6.45, 7) is -0.242. The summed E-state index contributed by atoms with van der Waals surface area (Å²) in [6, 6.07) is 12.8. The molecule has 116 valence electrons. The van der Waals surface area contributed by atoms with Gasteiger partial charge in [-0.3, -0.25) is 14.5 Å². The van der Waals surface area contributed by atoms with E-state index in [0.29, 0.717) is 11.4 Å². The highest BCUT2D eigenvalue weighted by atomic mass is 16.6. The van der Waals surface area contributed by atoms with Gasteiger partial charge in [0, 0.05) is 18.6 Å². The number of para-hydroxylation sites is 1. The van der Waals surface area contributed by atoms with Crippen LogP contribution in [0.4, 0.5) is 0 Å². The number of hydrogen-bond acceptors (Lipinski definition) is 5. The zero-order valence-electron chi connectivity index (χ0n) is 12.5. The standard InChI is InChI=1S/C16H15N5O2/c1-21-13-8-3-2-6-11(13)15(19-21)14(22)10-23-20-16(17)12-7-4-5-9-18-12/h2-9H,10H2,1H3,(H2,17,20). The molecule has 7 heteroatoms. The molecule has 2 N–H and O–H groups in total. The van der Waals surface area contributed by atoms with Gasteiger partial charge in [-0.1, -0.05) is 29.4 Å². The lowest BCUT2D eigenvalue weighted by molar-refractivity contribution is 0.0771. The number of aromatic nitrogens is 3. The third kappa shape index (κ3) is 3.03. The molecule has 0 aliphatic rings. The molecule has 2 aromatic heterocycles. The molecule has 0 aliphatic carbocycles. The Morgan fingerprint density at radius 1 is 1.26 bits per heavy atom. The number of oxime groups is 1. The van der Waals surface area contributed by atoms with Crippen molar-refractivity contribution in [3.8, 4) is 0 Å². The molecule has 0 saturated heterocycles. The summed E-state index contributed by atoms with van der Waals surface area (Å²) in [5.41, 5.74) is 7.47. The number of carbonyl (C=O) groups excluding carboxylic acids is 1. The van der Waals surface area contributed by atoms with Crippen LogP contribution in [0.15, 0.2) is 53.8 Å². The van der Waals surface area contributed by atoms with Gasteiger partial charge < -0.3 is 10.6 Å². The van der Waals surface area contributed by atoms with Crippen molar-refractivity contribution in [1.29, 1.82) is 0 Å². The molecule has 23 heavy (non-hydrogen) atoms. The molecule has 0 saturated carbocycles. The third-order valence-electron chi connectivity index (χ3n) is 3.31. The van der Waals surface area contributed by atoms with E-state index in [4.69, 9.17) is 10.6 Å². The Hall–Kier alpha value is -3.22. The van der Waals surface area contributed by atoms with Gasteiger partial charge in [0.05, 0.1) is 5.52 Å². The SMILES string of the molecule is Cn1nc(C(=O)CON=C(N)c2ccccn2)c2ccccc21. The van der Waals surface area contributed by atoms with Crippen molar-refractivity contribution in [1.82, 2.24) is 14.8 Å². The number of nitrogens with zero attached hydrogens (tertiary/aromatic N) is 4. The average molecular weight is 309 g/mol. The molecule has 0 spiro atoms. The van der Waals surface area contributed by atoms with Gasteiger partial charge in [0.25, 0.3) is 0 Å². The van der Waals surface area contributed by atoms with Crippen LogP contribution in [0.25, 0.3) is 10.9 Å². The van der Waals surface area contributed by atoms with Crippen molar-refractivity contribution in [2.75, 3.05) is 6.61 Å². The van der Waals surface area contributed by atoms with Crippen LogP contribution in [-0.2, 0) is 11.9 Å². The average Bonchev–Trinajstić information content (AvgIpc) is 2.93. The maximum absolute atomic E-state index is 12.3. The first kappa shape index (κ1) is 14.7. The molecular weight excluding hydrogens is 294 g/mol. The Kier molecular flexibility index (Phi) is 4.01. The molecule has 0 aliphatic heterocycles. The summed E-state index contributed by atoms with van der Waals surface area (Å²) in [5.74, 6) is -0.149. The summed E-state index contributed by atoms with van der Waals surface area (Å²) in [7, 11) is 1.79. The second-order valence-corrected chi connectivity index (χ2v) is 4.88. The fraction of sp³-hybridized carbons (Fsp3) is 0.125. The summed E-state index contributed by atoms with van der Waals surface area (Å²) >= 11 is 0. The third-order valence-corrected chi connectivity index (χ3v) is 3.31. The summed E-state index contributed by atoms with van der Waals surface area (Å²) in [6.07, 6.45) is 1.60. The van der Waals surface area contributed by atoms with Gasteiger partial charge in [-0.25, -0.2) is 0 Å². The summed E-state index contributed by atoms with van der Waals surface area (Å²) in [4.78, 5) is 21.4. The van der Waals surface area contributed by atoms with E-state index in [0.717, 1.165) is 10.9 Å². The van der Waals surface area contributed by atoms with Crippen molar-refractivity contribution in [2.45, 2.75) is 0 Å². The van der Waals surface area contributed by atoms with Crippen molar-refractivity contribution in [2.24, 2.45) is 17.9 Å². The zero-order valence-corrected chi connectivity index (χ0v) is 12.5. The van der Waals surface area contributed by atoms with Crippen LogP contribution >= 0.6 is 0 Å². The fourth-order valence-electron chi connectivity index (χ4n) is 2.21. The Bertz CT molecular complexity index is 871.